The van der Waals surface area contributed by atoms with E-state index in [1.807, 2.05) is 50.2 Å². The van der Waals surface area contributed by atoms with Crippen molar-refractivity contribution in [3.05, 3.63) is 71.3 Å². The summed E-state index contributed by atoms with van der Waals surface area (Å²) < 4.78 is 5.36. The molecule has 3 aromatic rings. The van der Waals surface area contributed by atoms with Crippen LogP contribution in [0, 0.1) is 13.8 Å². The summed E-state index contributed by atoms with van der Waals surface area (Å²) in [5.41, 5.74) is 3.55. The molecular weight excluding hydrogens is 342 g/mol. The van der Waals surface area contributed by atoms with E-state index in [-0.39, 0.29) is 11.6 Å². The number of hydrogen-bond acceptors (Lipinski definition) is 6. The van der Waals surface area contributed by atoms with Crippen LogP contribution >= 0.6 is 0 Å². The minimum Gasteiger partial charge on any atom is -0.495 e. The van der Waals surface area contributed by atoms with Gasteiger partial charge in [0, 0.05) is 11.9 Å². The quantitative estimate of drug-likeness (QED) is 0.699. The summed E-state index contributed by atoms with van der Waals surface area (Å²) in [6, 6.07) is 13.0. The van der Waals surface area contributed by atoms with Crippen molar-refractivity contribution in [3.63, 3.8) is 0 Å². The van der Waals surface area contributed by atoms with Gasteiger partial charge >= 0.3 is 0 Å². The number of nitrogens with zero attached hydrogens (tertiary/aromatic N) is 3. The molecule has 0 aliphatic rings. The van der Waals surface area contributed by atoms with Crippen molar-refractivity contribution in [3.8, 4) is 5.75 Å². The molecule has 2 aromatic heterocycles. The smallest absolute Gasteiger partial charge is 0.270 e. The van der Waals surface area contributed by atoms with Crippen molar-refractivity contribution in [2.45, 2.75) is 20.4 Å². The van der Waals surface area contributed by atoms with Crippen LogP contribution in [-0.4, -0.2) is 28.0 Å². The van der Waals surface area contributed by atoms with Crippen LogP contribution in [0.5, 0.6) is 5.75 Å². The van der Waals surface area contributed by atoms with Gasteiger partial charge in [-0.2, -0.15) is 0 Å². The van der Waals surface area contributed by atoms with Crippen LogP contribution in [0.1, 0.15) is 27.4 Å². The summed E-state index contributed by atoms with van der Waals surface area (Å²) in [6.45, 7) is 4.13. The minimum absolute atomic E-state index is 0.285. The lowest BCUT2D eigenvalue weighted by atomic mass is 10.2. The molecule has 7 heteroatoms. The lowest BCUT2D eigenvalue weighted by Gasteiger charge is -2.12. The fraction of sp³-hybridized carbons (Fsp3) is 0.200. The van der Waals surface area contributed by atoms with Crippen molar-refractivity contribution in [1.82, 2.24) is 20.3 Å². The summed E-state index contributed by atoms with van der Waals surface area (Å²) >= 11 is 0. The Balaban J connectivity index is 1.78. The third kappa shape index (κ3) is 4.78. The van der Waals surface area contributed by atoms with Gasteiger partial charge in [0.1, 0.15) is 11.4 Å². The molecule has 7 nitrogen and oxygen atoms in total. The molecule has 1 amide bonds. The van der Waals surface area contributed by atoms with Crippen LogP contribution < -0.4 is 15.4 Å². The number of carbonyl (C=O) groups excluding carboxylic acids is 1. The lowest BCUT2D eigenvalue weighted by Crippen LogP contribution is -2.24. The first kappa shape index (κ1) is 18.3. The molecular formula is C20H21N5O2. The van der Waals surface area contributed by atoms with E-state index in [2.05, 4.69) is 25.6 Å². The second-order valence-corrected chi connectivity index (χ2v) is 6.05. The Labute approximate surface area is 157 Å². The highest BCUT2D eigenvalue weighted by atomic mass is 16.5. The van der Waals surface area contributed by atoms with Gasteiger partial charge in [-0.3, -0.25) is 9.78 Å². The number of benzene rings is 1. The molecule has 0 radical (unpaired) electrons. The SMILES string of the molecule is COc1ccc(C)cc1Nc1nc(C)cc(C(=O)NCc2ccccn2)n1. The predicted octanol–water partition coefficient (Wildman–Crippen LogP) is 3.17. The fourth-order valence-corrected chi connectivity index (χ4v) is 2.54. The van der Waals surface area contributed by atoms with Gasteiger partial charge < -0.3 is 15.4 Å². The Morgan fingerprint density at radius 2 is 1.96 bits per heavy atom. The summed E-state index contributed by atoms with van der Waals surface area (Å²) in [7, 11) is 1.60. The summed E-state index contributed by atoms with van der Waals surface area (Å²) in [4.78, 5) is 25.4. The van der Waals surface area contributed by atoms with Crippen LogP contribution in [0.15, 0.2) is 48.7 Å². The number of hydrogen-bond donors (Lipinski definition) is 2. The molecule has 2 N–H and O–H groups in total. The molecule has 0 saturated heterocycles. The van der Waals surface area contributed by atoms with E-state index in [1.54, 1.807) is 19.4 Å². The van der Waals surface area contributed by atoms with Gasteiger partial charge in [-0.25, -0.2) is 9.97 Å². The Hall–Kier alpha value is -3.48. The Bertz CT molecular complexity index is 944. The minimum atomic E-state index is -0.287. The zero-order valence-corrected chi connectivity index (χ0v) is 15.5. The van der Waals surface area contributed by atoms with Gasteiger partial charge in [0.25, 0.3) is 5.91 Å². The van der Waals surface area contributed by atoms with E-state index in [1.165, 1.54) is 0 Å². The van der Waals surface area contributed by atoms with Crippen molar-refractivity contribution in [1.29, 1.82) is 0 Å². The molecule has 0 bridgehead atoms. The van der Waals surface area contributed by atoms with Gasteiger partial charge in [-0.15, -0.1) is 0 Å². The number of aryl methyl sites for hydroxylation is 2. The van der Waals surface area contributed by atoms with Gasteiger partial charge in [-0.05, 0) is 49.7 Å². The molecule has 3 rings (SSSR count). The zero-order chi connectivity index (χ0) is 19.2. The van der Waals surface area contributed by atoms with Crippen molar-refractivity contribution in [2.24, 2.45) is 0 Å². The van der Waals surface area contributed by atoms with Gasteiger partial charge in [-0.1, -0.05) is 12.1 Å². The molecule has 0 fully saturated rings. The van der Waals surface area contributed by atoms with Crippen LogP contribution in [-0.2, 0) is 6.54 Å². The largest absolute Gasteiger partial charge is 0.495 e. The molecule has 0 aliphatic carbocycles. The van der Waals surface area contributed by atoms with Crippen molar-refractivity contribution in [2.75, 3.05) is 12.4 Å². The molecule has 27 heavy (non-hydrogen) atoms. The van der Waals surface area contributed by atoms with E-state index in [4.69, 9.17) is 4.74 Å². The highest BCUT2D eigenvalue weighted by molar-refractivity contribution is 5.92. The number of anilines is 2. The normalized spacial score (nSPS) is 10.3. The van der Waals surface area contributed by atoms with Crippen LogP contribution in [0.25, 0.3) is 0 Å². The highest BCUT2D eigenvalue weighted by Crippen LogP contribution is 2.27. The monoisotopic (exact) mass is 363 g/mol. The second-order valence-electron chi connectivity index (χ2n) is 6.05. The predicted molar refractivity (Wildman–Crippen MR) is 103 cm³/mol. The molecule has 0 saturated carbocycles. The topological polar surface area (TPSA) is 89.0 Å². The first-order valence-electron chi connectivity index (χ1n) is 8.50. The van der Waals surface area contributed by atoms with Gasteiger partial charge in [0.15, 0.2) is 0 Å². The number of ether oxygens (including phenoxy) is 1. The fourth-order valence-electron chi connectivity index (χ4n) is 2.54. The van der Waals surface area contributed by atoms with Gasteiger partial charge in [0.2, 0.25) is 5.95 Å². The third-order valence-electron chi connectivity index (χ3n) is 3.84. The number of pyridine rings is 1. The maximum Gasteiger partial charge on any atom is 0.270 e. The number of rotatable bonds is 6. The highest BCUT2D eigenvalue weighted by Gasteiger charge is 2.12. The molecule has 0 unspecified atom stereocenters. The molecule has 138 valence electrons. The number of carbonyl (C=O) groups is 1. The van der Waals surface area contributed by atoms with Gasteiger partial charge in [0.05, 0.1) is 25.0 Å². The number of methoxy groups -OCH3 is 1. The number of amides is 1. The van der Waals surface area contributed by atoms with E-state index < -0.39 is 0 Å². The standard InChI is InChI=1S/C20H21N5O2/c1-13-7-8-18(27-3)16(10-13)24-20-23-14(2)11-17(25-20)19(26)22-12-15-6-4-5-9-21-15/h4-11H,12H2,1-3H3,(H,22,26)(H,23,24,25). The average Bonchev–Trinajstić information content (AvgIpc) is 2.66. The third-order valence-corrected chi connectivity index (χ3v) is 3.84. The van der Waals surface area contributed by atoms with Crippen molar-refractivity contribution >= 4 is 17.5 Å². The Morgan fingerprint density at radius 1 is 1.11 bits per heavy atom. The van der Waals surface area contributed by atoms with E-state index in [9.17, 15) is 4.79 Å². The maximum absolute atomic E-state index is 12.5. The zero-order valence-electron chi connectivity index (χ0n) is 15.5. The molecule has 2 heterocycles. The first-order valence-corrected chi connectivity index (χ1v) is 8.50. The first-order chi connectivity index (χ1) is 13.0. The molecule has 0 atom stereocenters. The summed E-state index contributed by atoms with van der Waals surface area (Å²) in [5.74, 6) is 0.721. The summed E-state index contributed by atoms with van der Waals surface area (Å²) in [6.07, 6.45) is 1.69. The lowest BCUT2D eigenvalue weighted by molar-refractivity contribution is 0.0945. The van der Waals surface area contributed by atoms with Crippen LogP contribution in [0.2, 0.25) is 0 Å². The number of nitrogens with one attached hydrogen (secondary N) is 2. The molecule has 0 spiro atoms. The second kappa shape index (κ2) is 8.27. The molecule has 0 aliphatic heterocycles. The van der Waals surface area contributed by atoms with Crippen LogP contribution in [0.3, 0.4) is 0 Å². The average molecular weight is 363 g/mol. The van der Waals surface area contributed by atoms with Crippen LogP contribution in [0.4, 0.5) is 11.6 Å². The van der Waals surface area contributed by atoms with E-state index in [0.717, 1.165) is 16.9 Å². The maximum atomic E-state index is 12.5. The van der Waals surface area contributed by atoms with E-state index in [0.29, 0.717) is 23.9 Å². The summed E-state index contributed by atoms with van der Waals surface area (Å²) in [5, 5.41) is 5.96. The van der Waals surface area contributed by atoms with Crippen molar-refractivity contribution < 1.29 is 9.53 Å². The Morgan fingerprint density at radius 3 is 2.70 bits per heavy atom. The number of aromatic nitrogens is 3. The van der Waals surface area contributed by atoms with E-state index >= 15 is 0 Å². The molecule has 1 aromatic carbocycles. The Kier molecular flexibility index (Phi) is 5.61.